The van der Waals surface area contributed by atoms with Crippen LogP contribution in [0, 0.1) is 0 Å². The molecule has 41 heavy (non-hydrogen) atoms. The molecule has 0 aliphatic heterocycles. The number of rotatable bonds is 7. The topological polar surface area (TPSA) is 175 Å². The molecule has 0 aromatic carbocycles. The number of nitrogens with zero attached hydrogens (tertiary/aromatic N) is 6. The minimum Gasteiger partial charge on any atom is -0.444 e. The summed E-state index contributed by atoms with van der Waals surface area (Å²) in [4.78, 5) is 37.8. The highest BCUT2D eigenvalue weighted by molar-refractivity contribution is 6.03. The number of carbonyl (C=O) groups excluding carboxylic acids is 2. The monoisotopic (exact) mass is 574 g/mol. The van der Waals surface area contributed by atoms with Crippen molar-refractivity contribution in [3.05, 3.63) is 66.7 Å². The number of hydrogen-bond donors (Lipinski definition) is 3. The van der Waals surface area contributed by atoms with Gasteiger partial charge in [-0.15, -0.1) is 0 Å². The van der Waals surface area contributed by atoms with Gasteiger partial charge in [0.25, 0.3) is 5.91 Å². The molecule has 0 fully saturated rings. The van der Waals surface area contributed by atoms with Crippen molar-refractivity contribution in [2.45, 2.75) is 38.8 Å². The van der Waals surface area contributed by atoms with Crippen LogP contribution >= 0.6 is 0 Å². The van der Waals surface area contributed by atoms with E-state index in [2.05, 4.69) is 25.4 Å². The van der Waals surface area contributed by atoms with Gasteiger partial charge in [-0.1, -0.05) is 0 Å². The standard InChI is InChI=1S/C25H25F3N8O5/c1-24(2,3)41-23(39)35(13-25(26,27)28)18-9-14(6-8-31-18)22-33-17(12-40-22)21(38)32-16-11-36(34-19(16)20(29)37)15-5-4-7-30-10-15/h4-12,20,37H,13,29H2,1-3H3,(H,32,38). The third-order valence-electron chi connectivity index (χ3n) is 5.14. The van der Waals surface area contributed by atoms with Crippen molar-refractivity contribution in [3.8, 4) is 17.1 Å². The van der Waals surface area contributed by atoms with Gasteiger partial charge in [-0.05, 0) is 45.0 Å². The Balaban J connectivity index is 1.58. The molecule has 1 atom stereocenters. The summed E-state index contributed by atoms with van der Waals surface area (Å²) in [5.74, 6) is -1.27. The van der Waals surface area contributed by atoms with E-state index in [0.717, 1.165) is 18.5 Å². The van der Waals surface area contributed by atoms with Crippen LogP contribution in [0.4, 0.5) is 29.5 Å². The molecule has 0 spiro atoms. The van der Waals surface area contributed by atoms with Crippen LogP contribution in [-0.4, -0.2) is 60.2 Å². The van der Waals surface area contributed by atoms with Crippen LogP contribution in [0.5, 0.6) is 0 Å². The van der Waals surface area contributed by atoms with E-state index in [1.54, 1.807) is 18.3 Å². The van der Waals surface area contributed by atoms with Gasteiger partial charge in [0.15, 0.2) is 5.69 Å². The molecule has 4 heterocycles. The van der Waals surface area contributed by atoms with E-state index in [4.69, 9.17) is 14.9 Å². The number of carbonyl (C=O) groups is 2. The van der Waals surface area contributed by atoms with Gasteiger partial charge >= 0.3 is 12.3 Å². The zero-order chi connectivity index (χ0) is 29.9. The molecular weight excluding hydrogens is 549 g/mol. The molecule has 0 radical (unpaired) electrons. The number of nitrogens with two attached hydrogens (primary N) is 1. The molecule has 4 aromatic rings. The summed E-state index contributed by atoms with van der Waals surface area (Å²) in [5.41, 5.74) is 5.06. The molecule has 4 rings (SSSR count). The highest BCUT2D eigenvalue weighted by atomic mass is 19.4. The van der Waals surface area contributed by atoms with Crippen LogP contribution < -0.4 is 16.0 Å². The fourth-order valence-electron chi connectivity index (χ4n) is 3.45. The third-order valence-corrected chi connectivity index (χ3v) is 5.14. The van der Waals surface area contributed by atoms with Gasteiger partial charge in [0.1, 0.15) is 36.1 Å². The van der Waals surface area contributed by atoms with Crippen LogP contribution in [-0.2, 0) is 4.74 Å². The number of hydrogen-bond acceptors (Lipinski definition) is 10. The third kappa shape index (κ3) is 7.43. The van der Waals surface area contributed by atoms with Crippen LogP contribution in [0.15, 0.2) is 59.7 Å². The van der Waals surface area contributed by atoms with E-state index in [-0.39, 0.29) is 34.3 Å². The SMILES string of the molecule is CC(C)(C)OC(=O)N(CC(F)(F)F)c1cc(-c2nc(C(=O)Nc3cn(-c4cccnc4)nc3C(N)O)co2)ccn1. The van der Waals surface area contributed by atoms with Crippen molar-refractivity contribution in [2.75, 3.05) is 16.8 Å². The molecule has 13 nitrogen and oxygen atoms in total. The van der Waals surface area contributed by atoms with Crippen molar-refractivity contribution in [1.29, 1.82) is 0 Å². The van der Waals surface area contributed by atoms with Crippen molar-refractivity contribution < 1.29 is 37.0 Å². The summed E-state index contributed by atoms with van der Waals surface area (Å²) in [6, 6.07) is 5.89. The zero-order valence-corrected chi connectivity index (χ0v) is 22.0. The summed E-state index contributed by atoms with van der Waals surface area (Å²) < 4.78 is 51.7. The van der Waals surface area contributed by atoms with E-state index in [0.29, 0.717) is 10.6 Å². The second kappa shape index (κ2) is 11.3. The van der Waals surface area contributed by atoms with E-state index in [1.807, 2.05) is 0 Å². The minimum atomic E-state index is -4.75. The average Bonchev–Trinajstić information content (AvgIpc) is 3.54. The fourth-order valence-corrected chi connectivity index (χ4v) is 3.45. The van der Waals surface area contributed by atoms with Crippen molar-refractivity contribution in [3.63, 3.8) is 0 Å². The molecule has 2 amide bonds. The van der Waals surface area contributed by atoms with Gasteiger partial charge in [-0.25, -0.2) is 19.4 Å². The quantitative estimate of drug-likeness (QED) is 0.275. The van der Waals surface area contributed by atoms with Gasteiger partial charge in [0, 0.05) is 18.0 Å². The fraction of sp³-hybridized carbons (Fsp3) is 0.280. The number of oxazole rings is 1. The number of nitrogens with one attached hydrogen (secondary N) is 1. The number of amides is 2. The number of aliphatic hydroxyl groups is 1. The lowest BCUT2D eigenvalue weighted by atomic mass is 10.2. The first-order valence-electron chi connectivity index (χ1n) is 11.9. The summed E-state index contributed by atoms with van der Waals surface area (Å²) in [7, 11) is 0. The number of pyridine rings is 2. The molecular formula is C25H25F3N8O5. The molecule has 0 aliphatic rings. The number of aliphatic hydroxyl groups excluding tert-OH is 1. The lowest BCUT2D eigenvalue weighted by Crippen LogP contribution is -2.42. The Bertz CT molecular complexity index is 1530. The molecule has 1 unspecified atom stereocenters. The Morgan fingerprint density at radius 2 is 2.00 bits per heavy atom. The first-order valence-corrected chi connectivity index (χ1v) is 11.9. The second-order valence-corrected chi connectivity index (χ2v) is 9.61. The molecule has 0 aliphatic carbocycles. The predicted octanol–water partition coefficient (Wildman–Crippen LogP) is 3.82. The summed E-state index contributed by atoms with van der Waals surface area (Å²) in [5, 5.41) is 16.7. The number of ether oxygens (including phenoxy) is 1. The Morgan fingerprint density at radius 3 is 2.63 bits per heavy atom. The lowest BCUT2D eigenvalue weighted by molar-refractivity contribution is -0.119. The van der Waals surface area contributed by atoms with Crippen molar-refractivity contribution >= 4 is 23.5 Å². The smallest absolute Gasteiger partial charge is 0.416 e. The highest BCUT2D eigenvalue weighted by Gasteiger charge is 2.36. The number of halogens is 3. The molecule has 0 bridgehead atoms. The summed E-state index contributed by atoms with van der Waals surface area (Å²) in [6.45, 7) is 2.89. The Labute approximate surface area is 230 Å². The summed E-state index contributed by atoms with van der Waals surface area (Å²) >= 11 is 0. The highest BCUT2D eigenvalue weighted by Crippen LogP contribution is 2.28. The lowest BCUT2D eigenvalue weighted by Gasteiger charge is -2.27. The van der Waals surface area contributed by atoms with E-state index >= 15 is 0 Å². The summed E-state index contributed by atoms with van der Waals surface area (Å²) in [6.07, 6.45) is -0.843. The normalized spacial score (nSPS) is 12.6. The first-order chi connectivity index (χ1) is 19.2. The number of alkyl halides is 3. The second-order valence-electron chi connectivity index (χ2n) is 9.61. The van der Waals surface area contributed by atoms with Crippen molar-refractivity contribution in [1.82, 2.24) is 24.7 Å². The molecule has 4 N–H and O–H groups in total. The largest absolute Gasteiger partial charge is 0.444 e. The number of anilines is 2. The first kappa shape index (κ1) is 29.2. The van der Waals surface area contributed by atoms with E-state index in [9.17, 15) is 27.9 Å². The van der Waals surface area contributed by atoms with Gasteiger partial charge in [-0.3, -0.25) is 14.7 Å². The molecule has 4 aromatic heterocycles. The Hall–Kier alpha value is -4.83. The minimum absolute atomic E-state index is 0.0309. The Morgan fingerprint density at radius 1 is 1.24 bits per heavy atom. The number of aromatic nitrogens is 5. The van der Waals surface area contributed by atoms with Crippen LogP contribution in [0.25, 0.3) is 17.1 Å². The molecule has 216 valence electrons. The van der Waals surface area contributed by atoms with Crippen LogP contribution in [0.2, 0.25) is 0 Å². The zero-order valence-electron chi connectivity index (χ0n) is 22.0. The van der Waals surface area contributed by atoms with E-state index in [1.165, 1.54) is 43.9 Å². The molecule has 16 heteroatoms. The van der Waals surface area contributed by atoms with Crippen LogP contribution in [0.3, 0.4) is 0 Å². The molecule has 0 saturated carbocycles. The maximum Gasteiger partial charge on any atom is 0.416 e. The predicted molar refractivity (Wildman–Crippen MR) is 138 cm³/mol. The maximum absolute atomic E-state index is 13.3. The van der Waals surface area contributed by atoms with Gasteiger partial charge < -0.3 is 25.3 Å². The van der Waals surface area contributed by atoms with E-state index < -0.39 is 36.6 Å². The van der Waals surface area contributed by atoms with Gasteiger partial charge in [-0.2, -0.15) is 18.3 Å². The maximum atomic E-state index is 13.3. The average molecular weight is 575 g/mol. The Kier molecular flexibility index (Phi) is 8.07. The van der Waals surface area contributed by atoms with Gasteiger partial charge in [0.2, 0.25) is 5.89 Å². The van der Waals surface area contributed by atoms with Crippen LogP contribution in [0.1, 0.15) is 43.2 Å². The molecule has 0 saturated heterocycles. The van der Waals surface area contributed by atoms with Crippen molar-refractivity contribution in [2.24, 2.45) is 5.73 Å². The van der Waals surface area contributed by atoms with Gasteiger partial charge in [0.05, 0.1) is 23.8 Å².